The summed E-state index contributed by atoms with van der Waals surface area (Å²) in [5, 5.41) is 4.29. The molecule has 1 saturated heterocycles. The molecular weight excluding hydrogens is 240 g/mol. The molecule has 18 heavy (non-hydrogen) atoms. The Morgan fingerprint density at radius 2 is 2.22 bits per heavy atom. The number of nitrogens with zero attached hydrogens (tertiary/aromatic N) is 1. The van der Waals surface area contributed by atoms with Gasteiger partial charge in [-0.05, 0) is 30.2 Å². The van der Waals surface area contributed by atoms with Crippen LogP contribution >= 0.6 is 11.8 Å². The summed E-state index contributed by atoms with van der Waals surface area (Å²) in [6.07, 6.45) is 2.72. The van der Waals surface area contributed by atoms with Gasteiger partial charge in [0.1, 0.15) is 0 Å². The highest BCUT2D eigenvalue weighted by atomic mass is 32.2. The van der Waals surface area contributed by atoms with E-state index in [0.717, 1.165) is 24.9 Å². The number of rotatable bonds is 1. The molecule has 2 unspecified atom stereocenters. The van der Waals surface area contributed by atoms with Gasteiger partial charge in [0.25, 0.3) is 0 Å². The van der Waals surface area contributed by atoms with Crippen molar-refractivity contribution in [3.8, 4) is 0 Å². The molecule has 2 heterocycles. The zero-order chi connectivity index (χ0) is 12.4. The molecule has 2 nitrogen and oxygen atoms in total. The van der Waals surface area contributed by atoms with Crippen LogP contribution in [0.2, 0.25) is 0 Å². The molecule has 1 aromatic carbocycles. The van der Waals surface area contributed by atoms with Crippen LogP contribution in [-0.2, 0) is 6.54 Å². The van der Waals surface area contributed by atoms with Crippen molar-refractivity contribution >= 4 is 17.4 Å². The Kier molecular flexibility index (Phi) is 3.80. The predicted octanol–water partition coefficient (Wildman–Crippen LogP) is 2.88. The molecule has 1 fully saturated rings. The highest BCUT2D eigenvalue weighted by Crippen LogP contribution is 2.33. The van der Waals surface area contributed by atoms with Crippen molar-refractivity contribution in [2.75, 3.05) is 23.7 Å². The third-order valence-electron chi connectivity index (χ3n) is 4.11. The highest BCUT2D eigenvalue weighted by molar-refractivity contribution is 8.00. The summed E-state index contributed by atoms with van der Waals surface area (Å²) < 4.78 is 0. The number of hydrogen-bond donors (Lipinski definition) is 1. The minimum atomic E-state index is 0.713. The molecule has 2 aliphatic rings. The van der Waals surface area contributed by atoms with Crippen LogP contribution in [0.3, 0.4) is 0 Å². The SMILES string of the molecule is CC1SCCCC1N1CCNCc2ccccc21. The number of nitrogens with one attached hydrogen (secondary N) is 1. The molecule has 1 N–H and O–H groups in total. The van der Waals surface area contributed by atoms with Gasteiger partial charge in [0.15, 0.2) is 0 Å². The molecule has 0 amide bonds. The first-order valence-corrected chi connectivity index (χ1v) is 8.08. The van der Waals surface area contributed by atoms with Gasteiger partial charge in [0.2, 0.25) is 0 Å². The Hall–Kier alpha value is -0.670. The number of thioether (sulfide) groups is 1. The predicted molar refractivity (Wildman–Crippen MR) is 80.4 cm³/mol. The molecule has 2 atom stereocenters. The van der Waals surface area contributed by atoms with E-state index in [2.05, 4.69) is 53.2 Å². The van der Waals surface area contributed by atoms with E-state index >= 15 is 0 Å². The largest absolute Gasteiger partial charge is 0.366 e. The number of hydrogen-bond acceptors (Lipinski definition) is 3. The van der Waals surface area contributed by atoms with Crippen LogP contribution in [0.25, 0.3) is 0 Å². The molecule has 0 spiro atoms. The van der Waals surface area contributed by atoms with E-state index in [1.165, 1.54) is 29.8 Å². The fourth-order valence-corrected chi connectivity index (χ4v) is 4.35. The molecule has 0 bridgehead atoms. The monoisotopic (exact) mass is 262 g/mol. The Balaban J connectivity index is 1.91. The summed E-state index contributed by atoms with van der Waals surface area (Å²) in [6.45, 7) is 5.66. The maximum absolute atomic E-state index is 3.54. The fourth-order valence-electron chi connectivity index (χ4n) is 3.14. The van der Waals surface area contributed by atoms with Crippen LogP contribution in [0.15, 0.2) is 24.3 Å². The third kappa shape index (κ3) is 2.39. The Morgan fingerprint density at radius 1 is 1.33 bits per heavy atom. The molecule has 2 aliphatic heterocycles. The lowest BCUT2D eigenvalue weighted by atomic mass is 10.0. The first kappa shape index (κ1) is 12.4. The Labute approximate surface area is 114 Å². The number of fused-ring (bicyclic) bond motifs is 1. The molecule has 1 aromatic rings. The minimum Gasteiger partial charge on any atom is -0.366 e. The second-order valence-electron chi connectivity index (χ2n) is 5.28. The molecule has 3 rings (SSSR count). The average Bonchev–Trinajstić information content (AvgIpc) is 2.62. The van der Waals surface area contributed by atoms with Crippen molar-refractivity contribution in [3.63, 3.8) is 0 Å². The van der Waals surface area contributed by atoms with Gasteiger partial charge in [0.05, 0.1) is 0 Å². The van der Waals surface area contributed by atoms with E-state index in [0.29, 0.717) is 6.04 Å². The Morgan fingerprint density at radius 3 is 3.11 bits per heavy atom. The molecule has 0 aromatic heterocycles. The van der Waals surface area contributed by atoms with Gasteiger partial charge in [-0.3, -0.25) is 0 Å². The second-order valence-corrected chi connectivity index (χ2v) is 6.77. The van der Waals surface area contributed by atoms with Gasteiger partial charge in [-0.1, -0.05) is 25.1 Å². The van der Waals surface area contributed by atoms with Crippen LogP contribution in [0, 0.1) is 0 Å². The van der Waals surface area contributed by atoms with Crippen molar-refractivity contribution in [1.82, 2.24) is 5.32 Å². The van der Waals surface area contributed by atoms with Crippen molar-refractivity contribution in [2.24, 2.45) is 0 Å². The standard InChI is InChI=1S/C15H22N2S/c1-12-14(7-4-10-18-12)17-9-8-16-11-13-5-2-3-6-15(13)17/h2-3,5-6,12,14,16H,4,7-11H2,1H3. The molecule has 0 saturated carbocycles. The van der Waals surface area contributed by atoms with E-state index in [-0.39, 0.29) is 0 Å². The zero-order valence-electron chi connectivity index (χ0n) is 11.1. The van der Waals surface area contributed by atoms with Gasteiger partial charge in [-0.25, -0.2) is 0 Å². The first-order chi connectivity index (χ1) is 8.86. The van der Waals surface area contributed by atoms with E-state index < -0.39 is 0 Å². The van der Waals surface area contributed by atoms with Gasteiger partial charge < -0.3 is 10.2 Å². The second kappa shape index (κ2) is 5.54. The number of anilines is 1. The Bertz CT molecular complexity index is 407. The summed E-state index contributed by atoms with van der Waals surface area (Å²) in [7, 11) is 0. The molecule has 98 valence electrons. The lowest BCUT2D eigenvalue weighted by molar-refractivity contribution is 0.524. The van der Waals surface area contributed by atoms with E-state index in [9.17, 15) is 0 Å². The summed E-state index contributed by atoms with van der Waals surface area (Å²) in [4.78, 5) is 2.66. The zero-order valence-corrected chi connectivity index (χ0v) is 11.9. The van der Waals surface area contributed by atoms with E-state index in [4.69, 9.17) is 0 Å². The van der Waals surface area contributed by atoms with Crippen LogP contribution in [-0.4, -0.2) is 30.1 Å². The smallest absolute Gasteiger partial charge is 0.0415 e. The first-order valence-electron chi connectivity index (χ1n) is 7.03. The van der Waals surface area contributed by atoms with Crippen molar-refractivity contribution in [1.29, 1.82) is 0 Å². The highest BCUT2D eigenvalue weighted by Gasteiger charge is 2.29. The summed E-state index contributed by atoms with van der Waals surface area (Å²) >= 11 is 2.14. The van der Waals surface area contributed by atoms with Gasteiger partial charge in [-0.15, -0.1) is 0 Å². The quantitative estimate of drug-likeness (QED) is 0.838. The van der Waals surface area contributed by atoms with E-state index in [1.807, 2.05) is 0 Å². The van der Waals surface area contributed by atoms with Crippen molar-refractivity contribution in [2.45, 2.75) is 37.6 Å². The van der Waals surface area contributed by atoms with Crippen LogP contribution in [0.4, 0.5) is 5.69 Å². The van der Waals surface area contributed by atoms with Crippen molar-refractivity contribution in [3.05, 3.63) is 29.8 Å². The fraction of sp³-hybridized carbons (Fsp3) is 0.600. The topological polar surface area (TPSA) is 15.3 Å². The third-order valence-corrected chi connectivity index (χ3v) is 5.48. The minimum absolute atomic E-state index is 0.713. The summed E-state index contributed by atoms with van der Waals surface area (Å²) in [5.74, 6) is 1.34. The van der Waals surface area contributed by atoms with Crippen LogP contribution < -0.4 is 10.2 Å². The molecule has 0 radical (unpaired) electrons. The average molecular weight is 262 g/mol. The van der Waals surface area contributed by atoms with Gasteiger partial charge >= 0.3 is 0 Å². The molecular formula is C15H22N2S. The van der Waals surface area contributed by atoms with Gasteiger partial charge in [0, 0.05) is 36.6 Å². The normalized spacial score (nSPS) is 28.6. The van der Waals surface area contributed by atoms with Gasteiger partial charge in [-0.2, -0.15) is 11.8 Å². The molecule has 3 heteroatoms. The summed E-state index contributed by atoms with van der Waals surface area (Å²) in [6, 6.07) is 9.61. The maximum Gasteiger partial charge on any atom is 0.0415 e. The van der Waals surface area contributed by atoms with Crippen LogP contribution in [0.1, 0.15) is 25.3 Å². The van der Waals surface area contributed by atoms with Crippen LogP contribution in [0.5, 0.6) is 0 Å². The lowest BCUT2D eigenvalue weighted by Crippen LogP contribution is -2.45. The maximum atomic E-state index is 3.54. The lowest BCUT2D eigenvalue weighted by Gasteiger charge is -2.39. The van der Waals surface area contributed by atoms with E-state index in [1.54, 1.807) is 0 Å². The number of benzene rings is 1. The van der Waals surface area contributed by atoms with Crippen molar-refractivity contribution < 1.29 is 0 Å². The molecule has 0 aliphatic carbocycles. The number of para-hydroxylation sites is 1. The summed E-state index contributed by atoms with van der Waals surface area (Å²) in [5.41, 5.74) is 2.92.